The third kappa shape index (κ3) is 4.59. The van der Waals surface area contributed by atoms with Crippen molar-refractivity contribution >= 4 is 40.1 Å². The summed E-state index contributed by atoms with van der Waals surface area (Å²) in [5.41, 5.74) is 8.54. The summed E-state index contributed by atoms with van der Waals surface area (Å²) in [6.45, 7) is 1.02. The smallest absolute Gasteiger partial charge is 0.290 e. The van der Waals surface area contributed by atoms with E-state index in [1.54, 1.807) is 53.6 Å². The Labute approximate surface area is 185 Å². The third-order valence-corrected chi connectivity index (χ3v) is 6.05. The van der Waals surface area contributed by atoms with E-state index in [0.29, 0.717) is 23.7 Å². The van der Waals surface area contributed by atoms with Crippen LogP contribution >= 0.6 is 11.6 Å². The van der Waals surface area contributed by atoms with Gasteiger partial charge >= 0.3 is 0 Å². The highest BCUT2D eigenvalue weighted by molar-refractivity contribution is 6.36. The van der Waals surface area contributed by atoms with Crippen molar-refractivity contribution < 1.29 is 14.4 Å². The van der Waals surface area contributed by atoms with Crippen molar-refractivity contribution in [2.45, 2.75) is 25.2 Å². The monoisotopic (exact) mass is 435 g/mol. The highest BCUT2D eigenvalue weighted by Crippen LogP contribution is 2.33. The van der Waals surface area contributed by atoms with E-state index in [0.717, 1.165) is 34.9 Å². The van der Waals surface area contributed by atoms with Gasteiger partial charge in [0.15, 0.2) is 0 Å². The Morgan fingerprint density at radius 3 is 2.42 bits per heavy atom. The fourth-order valence-electron chi connectivity index (χ4n) is 4.11. The van der Waals surface area contributed by atoms with Gasteiger partial charge in [-0.3, -0.25) is 19.4 Å². The average molecular weight is 436 g/mol. The van der Waals surface area contributed by atoms with E-state index < -0.39 is 17.6 Å². The molecule has 0 saturated carbocycles. The van der Waals surface area contributed by atoms with Crippen molar-refractivity contribution in [3.63, 3.8) is 0 Å². The lowest BCUT2D eigenvalue weighted by molar-refractivity contribution is -0.145. The maximum absolute atomic E-state index is 12.6. The van der Waals surface area contributed by atoms with Gasteiger partial charge in [0.05, 0.1) is 5.52 Å². The second kappa shape index (κ2) is 8.86. The zero-order valence-corrected chi connectivity index (χ0v) is 17.6. The second-order valence-corrected chi connectivity index (χ2v) is 8.23. The summed E-state index contributed by atoms with van der Waals surface area (Å²) < 4.78 is 0. The minimum absolute atomic E-state index is 0.0703. The molecule has 0 bridgehead atoms. The highest BCUT2D eigenvalue weighted by Gasteiger charge is 2.28. The first-order valence-electron chi connectivity index (χ1n) is 10.2. The molecule has 0 spiro atoms. The molecule has 1 saturated heterocycles. The quantitative estimate of drug-likeness (QED) is 0.620. The molecule has 0 radical (unpaired) electrons. The molecule has 2 aromatic carbocycles. The van der Waals surface area contributed by atoms with Gasteiger partial charge in [-0.15, -0.1) is 0 Å². The van der Waals surface area contributed by atoms with Crippen LogP contribution in [0.4, 0.5) is 0 Å². The first-order chi connectivity index (χ1) is 14.9. The number of rotatable bonds is 5. The number of nitrogens with zero attached hydrogens (tertiary/aromatic N) is 2. The molecule has 3 aromatic rings. The number of carbonyl (C=O) groups excluding carboxylic acids is 3. The first-order valence-corrected chi connectivity index (χ1v) is 10.5. The molecule has 7 heteroatoms. The molecule has 31 heavy (non-hydrogen) atoms. The van der Waals surface area contributed by atoms with E-state index >= 15 is 0 Å². The molecule has 1 aromatic heterocycles. The zero-order valence-electron chi connectivity index (χ0n) is 16.9. The molecule has 0 aliphatic carbocycles. The summed E-state index contributed by atoms with van der Waals surface area (Å²) in [6, 6.07) is 14.2. The van der Waals surface area contributed by atoms with Crippen LogP contribution in [0.5, 0.6) is 0 Å². The summed E-state index contributed by atoms with van der Waals surface area (Å²) in [5.74, 6) is -1.12. The van der Waals surface area contributed by atoms with Crippen molar-refractivity contribution in [3.05, 3.63) is 76.4 Å². The van der Waals surface area contributed by atoms with Crippen LogP contribution in [0.3, 0.4) is 0 Å². The maximum atomic E-state index is 12.6. The van der Waals surface area contributed by atoms with Gasteiger partial charge in [0, 0.05) is 41.7 Å². The summed E-state index contributed by atoms with van der Waals surface area (Å²) in [5, 5.41) is 1.50. The highest BCUT2D eigenvalue weighted by atomic mass is 35.5. The number of hydrogen-bond donors (Lipinski definition) is 1. The predicted molar refractivity (Wildman–Crippen MR) is 119 cm³/mol. The Hall–Kier alpha value is -3.25. The molecule has 1 aliphatic heterocycles. The van der Waals surface area contributed by atoms with E-state index in [1.165, 1.54) is 0 Å². The van der Waals surface area contributed by atoms with Crippen LogP contribution in [0.2, 0.25) is 5.02 Å². The van der Waals surface area contributed by atoms with Gasteiger partial charge in [-0.25, -0.2) is 0 Å². The van der Waals surface area contributed by atoms with Crippen molar-refractivity contribution in [2.75, 3.05) is 13.1 Å². The van der Waals surface area contributed by atoms with Crippen molar-refractivity contribution in [2.24, 2.45) is 5.73 Å². The van der Waals surface area contributed by atoms with Crippen LogP contribution in [0.1, 0.15) is 40.2 Å². The number of hydrogen-bond acceptors (Lipinski definition) is 4. The Kier molecular flexibility index (Phi) is 6.00. The minimum Gasteiger partial charge on any atom is -0.366 e. The van der Waals surface area contributed by atoms with E-state index in [2.05, 4.69) is 4.98 Å². The Bertz CT molecular complexity index is 1150. The van der Waals surface area contributed by atoms with Gasteiger partial charge in [0.1, 0.15) is 0 Å². The number of Topliss-reactive ketones (excluding diaryl/α,β-unsaturated/α-hetero) is 1. The number of aromatic nitrogens is 1. The molecule has 4 rings (SSSR count). The van der Waals surface area contributed by atoms with E-state index in [1.807, 2.05) is 6.07 Å². The molecule has 0 atom stereocenters. The molecule has 0 unspecified atom stereocenters. The summed E-state index contributed by atoms with van der Waals surface area (Å²) in [6.07, 6.45) is 3.30. The molecular weight excluding hydrogens is 414 g/mol. The number of amides is 2. The molecule has 158 valence electrons. The Morgan fingerprint density at radius 1 is 1.03 bits per heavy atom. The van der Waals surface area contributed by atoms with Crippen molar-refractivity contribution in [1.82, 2.24) is 9.88 Å². The summed E-state index contributed by atoms with van der Waals surface area (Å²) in [4.78, 5) is 42.7. The Morgan fingerprint density at radius 2 is 1.74 bits per heavy atom. The number of likely N-dealkylation sites (tertiary alicyclic amines) is 1. The zero-order chi connectivity index (χ0) is 22.0. The largest absolute Gasteiger partial charge is 0.366 e. The molecule has 1 fully saturated rings. The van der Waals surface area contributed by atoms with Gasteiger partial charge in [0.2, 0.25) is 11.7 Å². The number of carbonyl (C=O) groups is 3. The topological polar surface area (TPSA) is 93.4 Å². The first kappa shape index (κ1) is 21.0. The van der Waals surface area contributed by atoms with Crippen LogP contribution in [0.15, 0.2) is 54.7 Å². The predicted octanol–water partition coefficient (Wildman–Crippen LogP) is 3.50. The standard InChI is InChI=1S/C24H22ClN3O3/c25-18-4-1-15(2-5-18)13-22(29)24(31)28-11-8-16(9-12-28)19-7-10-27-21-6-3-17(23(26)30)14-20(19)21/h1-7,10,14,16H,8-9,11-13H2,(H2,26,30). The lowest BCUT2D eigenvalue weighted by atomic mass is 9.87. The van der Waals surface area contributed by atoms with Gasteiger partial charge in [-0.2, -0.15) is 0 Å². The van der Waals surface area contributed by atoms with Gasteiger partial charge in [-0.1, -0.05) is 23.7 Å². The van der Waals surface area contributed by atoms with Crippen molar-refractivity contribution in [1.29, 1.82) is 0 Å². The number of primary amides is 1. The van der Waals surface area contributed by atoms with E-state index in [9.17, 15) is 14.4 Å². The van der Waals surface area contributed by atoms with E-state index in [-0.39, 0.29) is 12.3 Å². The third-order valence-electron chi connectivity index (χ3n) is 5.80. The van der Waals surface area contributed by atoms with Gasteiger partial charge < -0.3 is 10.6 Å². The van der Waals surface area contributed by atoms with Crippen LogP contribution in [-0.2, 0) is 16.0 Å². The normalized spacial score (nSPS) is 14.5. The average Bonchev–Trinajstić information content (AvgIpc) is 2.79. The molecule has 2 N–H and O–H groups in total. The number of piperidine rings is 1. The van der Waals surface area contributed by atoms with E-state index in [4.69, 9.17) is 17.3 Å². The van der Waals surface area contributed by atoms with Crippen molar-refractivity contribution in [3.8, 4) is 0 Å². The fraction of sp³-hybridized carbons (Fsp3) is 0.250. The number of benzene rings is 2. The number of nitrogens with two attached hydrogens (primary N) is 1. The van der Waals surface area contributed by atoms with Gasteiger partial charge in [0.25, 0.3) is 5.91 Å². The SMILES string of the molecule is NC(=O)c1ccc2nccc(C3CCN(C(=O)C(=O)Cc4ccc(Cl)cc4)CC3)c2c1. The van der Waals surface area contributed by atoms with Gasteiger partial charge in [-0.05, 0) is 66.3 Å². The molecule has 2 amide bonds. The minimum atomic E-state index is -0.476. The van der Waals surface area contributed by atoms with Crippen LogP contribution in [-0.4, -0.2) is 40.6 Å². The molecule has 2 heterocycles. The number of fused-ring (bicyclic) bond motifs is 1. The molecular formula is C24H22ClN3O3. The van der Waals surface area contributed by atoms with Crippen LogP contribution < -0.4 is 5.73 Å². The number of ketones is 1. The summed E-state index contributed by atoms with van der Waals surface area (Å²) >= 11 is 5.87. The molecule has 6 nitrogen and oxygen atoms in total. The van der Waals surface area contributed by atoms with Crippen LogP contribution in [0.25, 0.3) is 10.9 Å². The molecule has 1 aliphatic rings. The Balaban J connectivity index is 1.44. The maximum Gasteiger partial charge on any atom is 0.290 e. The fourth-order valence-corrected chi connectivity index (χ4v) is 4.24. The van der Waals surface area contributed by atoms with Crippen LogP contribution in [0, 0.1) is 0 Å². The number of halogens is 1. The second-order valence-electron chi connectivity index (χ2n) is 7.79. The lowest BCUT2D eigenvalue weighted by Crippen LogP contribution is -2.42. The summed E-state index contributed by atoms with van der Waals surface area (Å²) in [7, 11) is 0. The lowest BCUT2D eigenvalue weighted by Gasteiger charge is -2.32. The number of pyridine rings is 1.